The van der Waals surface area contributed by atoms with Crippen LogP contribution in [-0.4, -0.2) is 28.8 Å². The van der Waals surface area contributed by atoms with Crippen molar-refractivity contribution in [2.75, 3.05) is 19.0 Å². The second-order valence-electron chi connectivity index (χ2n) is 18.4. The van der Waals surface area contributed by atoms with Crippen LogP contribution in [0.25, 0.3) is 71.3 Å². The molecule has 7 nitrogen and oxygen atoms in total. The predicted molar refractivity (Wildman–Crippen MR) is 282 cm³/mol. The topological polar surface area (TPSA) is 93.7 Å². The zero-order chi connectivity index (χ0) is 46.8. The van der Waals surface area contributed by atoms with E-state index in [2.05, 4.69) is 157 Å². The summed E-state index contributed by atoms with van der Waals surface area (Å²) in [5, 5.41) is 32.5. The molecule has 0 saturated heterocycles. The lowest BCUT2D eigenvalue weighted by atomic mass is 9.94. The van der Waals surface area contributed by atoms with Crippen molar-refractivity contribution in [1.29, 1.82) is 15.8 Å². The first-order valence-electron chi connectivity index (χ1n) is 23.7. The minimum absolute atomic E-state index is 0.0517. The zero-order valence-corrected chi connectivity index (χ0v) is 41.0. The molecule has 1 aliphatic heterocycles. The number of unbranched alkanes of at least 4 members (excludes halogenated alkanes) is 6. The molecular weight excluding hydrogens is 861 g/mol. The smallest absolute Gasteiger partial charge is 0.172 e. The van der Waals surface area contributed by atoms with Gasteiger partial charge in [-0.3, -0.25) is 0 Å². The minimum atomic E-state index is -0.946. The molecule has 0 fully saturated rings. The lowest BCUT2D eigenvalue weighted by Gasteiger charge is -2.21. The van der Waals surface area contributed by atoms with Crippen LogP contribution in [0.3, 0.4) is 0 Å². The van der Waals surface area contributed by atoms with Crippen LogP contribution >= 0.6 is 22.7 Å². The van der Waals surface area contributed by atoms with Gasteiger partial charge in [-0.1, -0.05) is 94.8 Å². The summed E-state index contributed by atoms with van der Waals surface area (Å²) >= 11 is 3.46. The number of hydrogen-bond acceptors (Lipinski definition) is 7. The van der Waals surface area contributed by atoms with Gasteiger partial charge in [-0.05, 0) is 123 Å². The van der Waals surface area contributed by atoms with E-state index in [0.29, 0.717) is 5.57 Å². The van der Waals surface area contributed by atoms with E-state index in [4.69, 9.17) is 4.74 Å². The van der Waals surface area contributed by atoms with Gasteiger partial charge in [-0.2, -0.15) is 15.8 Å². The minimum Gasteiger partial charge on any atom is -0.479 e. The zero-order valence-electron chi connectivity index (χ0n) is 39.4. The number of ether oxygens (including phenoxy) is 1. The maximum absolute atomic E-state index is 10.6. The van der Waals surface area contributed by atoms with Crippen molar-refractivity contribution in [3.8, 4) is 29.6 Å². The van der Waals surface area contributed by atoms with Crippen LogP contribution in [0.15, 0.2) is 114 Å². The van der Waals surface area contributed by atoms with Crippen LogP contribution in [0.4, 0.5) is 5.69 Å². The molecule has 4 aromatic heterocycles. The summed E-state index contributed by atoms with van der Waals surface area (Å²) in [5.74, 6) is 0.0517. The van der Waals surface area contributed by atoms with Crippen molar-refractivity contribution < 1.29 is 4.74 Å². The van der Waals surface area contributed by atoms with E-state index in [1.165, 1.54) is 88.7 Å². The number of hydrogen-bond donors (Lipinski definition) is 0. The van der Waals surface area contributed by atoms with E-state index in [1.54, 1.807) is 11.3 Å². The maximum atomic E-state index is 10.6. The van der Waals surface area contributed by atoms with E-state index < -0.39 is 5.60 Å². The summed E-state index contributed by atoms with van der Waals surface area (Å²) in [6, 6.07) is 42.3. The average Bonchev–Trinajstić information content (AvgIpc) is 4.13. The maximum Gasteiger partial charge on any atom is 0.172 e. The molecule has 0 amide bonds. The number of nitriles is 3. The summed E-state index contributed by atoms with van der Waals surface area (Å²) in [4.78, 5) is 4.18. The summed E-state index contributed by atoms with van der Waals surface area (Å²) in [6.45, 7) is 8.31. The number of allylic oxidation sites excluding steroid dienone is 2. The van der Waals surface area contributed by atoms with Crippen molar-refractivity contribution in [3.63, 3.8) is 0 Å². The average molecular weight is 917 g/mol. The van der Waals surface area contributed by atoms with Gasteiger partial charge in [0.25, 0.3) is 0 Å². The third kappa shape index (κ3) is 8.69. The van der Waals surface area contributed by atoms with Gasteiger partial charge in [0.1, 0.15) is 29.4 Å². The standard InChI is InChI=1S/C58H56N6OS2/c1-7-9-11-13-15-38-19-26-43(27-20-38)63-49-33-47-50(32-46(49)56-51(63)31-45(66-56)30-23-40-17-24-42(25-18-40)62(5)6)64(44-28-21-39(22-29-44)16-14-12-10-8-2)52-34-53(67-57(47)52)54-48(37-61)55(41(35-59)36-60)65-58(54,3)4/h17-34H,7-16H2,1-6H3/b30-23+. The molecule has 336 valence electrons. The molecular formula is C58H56N6OS2. The van der Waals surface area contributed by atoms with Crippen molar-refractivity contribution in [2.45, 2.75) is 97.5 Å². The van der Waals surface area contributed by atoms with Gasteiger partial charge in [-0.15, -0.1) is 22.7 Å². The highest BCUT2D eigenvalue weighted by Crippen LogP contribution is 2.50. The lowest BCUT2D eigenvalue weighted by molar-refractivity contribution is 0.109. The Bertz CT molecular complexity index is 3350. The molecule has 0 spiro atoms. The molecule has 0 atom stereocenters. The van der Waals surface area contributed by atoms with Crippen LogP contribution < -0.4 is 4.90 Å². The van der Waals surface area contributed by atoms with Gasteiger partial charge in [0.15, 0.2) is 11.3 Å². The molecule has 1 aliphatic rings. The number of aryl methyl sites for hydroxylation is 2. The first-order chi connectivity index (χ1) is 32.6. The molecule has 67 heavy (non-hydrogen) atoms. The monoisotopic (exact) mass is 916 g/mol. The van der Waals surface area contributed by atoms with Gasteiger partial charge in [0.05, 0.1) is 31.5 Å². The van der Waals surface area contributed by atoms with E-state index in [0.717, 1.165) is 61.3 Å². The van der Waals surface area contributed by atoms with Gasteiger partial charge >= 0.3 is 0 Å². The first kappa shape index (κ1) is 45.3. The Labute approximate surface area is 402 Å². The largest absolute Gasteiger partial charge is 0.479 e. The Morgan fingerprint density at radius 3 is 1.69 bits per heavy atom. The van der Waals surface area contributed by atoms with Gasteiger partial charge in [-0.25, -0.2) is 0 Å². The Kier molecular flexibility index (Phi) is 13.0. The number of aromatic nitrogens is 2. The molecule has 0 aliphatic carbocycles. The Morgan fingerprint density at radius 2 is 1.18 bits per heavy atom. The molecule has 5 heterocycles. The highest BCUT2D eigenvalue weighted by atomic mass is 32.1. The number of benzene rings is 4. The van der Waals surface area contributed by atoms with E-state index in [1.807, 2.05) is 37.3 Å². The summed E-state index contributed by atoms with van der Waals surface area (Å²) in [5.41, 5.74) is 11.4. The fourth-order valence-electron chi connectivity index (χ4n) is 9.63. The van der Waals surface area contributed by atoms with Crippen molar-refractivity contribution in [1.82, 2.24) is 9.13 Å². The third-order valence-electron chi connectivity index (χ3n) is 13.1. The van der Waals surface area contributed by atoms with Gasteiger partial charge in [0, 0.05) is 57.3 Å². The molecule has 0 saturated carbocycles. The first-order valence-corrected chi connectivity index (χ1v) is 25.3. The summed E-state index contributed by atoms with van der Waals surface area (Å²) in [6.07, 6.45) is 16.4. The van der Waals surface area contributed by atoms with E-state index >= 15 is 0 Å². The van der Waals surface area contributed by atoms with E-state index in [-0.39, 0.29) is 16.9 Å². The second-order valence-corrected chi connectivity index (χ2v) is 20.6. The number of rotatable bonds is 16. The summed E-state index contributed by atoms with van der Waals surface area (Å²) in [7, 11) is 4.13. The number of anilines is 1. The molecule has 9 heteroatoms. The fraction of sp³-hybridized carbons (Fsp3) is 0.293. The molecule has 0 N–H and O–H groups in total. The van der Waals surface area contributed by atoms with Crippen molar-refractivity contribution >= 4 is 88.3 Å². The van der Waals surface area contributed by atoms with Crippen LogP contribution in [0.1, 0.15) is 106 Å². The predicted octanol–water partition coefficient (Wildman–Crippen LogP) is 15.9. The molecule has 0 bridgehead atoms. The highest BCUT2D eigenvalue weighted by molar-refractivity contribution is 7.21. The SMILES string of the molecule is CCCCCCc1ccc(-n2c3cc4c5sc(C6=C(C#N)C(=C(C#N)C#N)OC6(C)C)cc5n(-c5ccc(CCCCCC)cc5)c4cc3c3sc(/C=C/c4ccc(N(C)C)cc4)cc32)cc1. The molecule has 9 rings (SSSR count). The van der Waals surface area contributed by atoms with Crippen LogP contribution in [-0.2, 0) is 17.6 Å². The highest BCUT2D eigenvalue weighted by Gasteiger charge is 2.42. The van der Waals surface area contributed by atoms with Crippen LogP contribution in [0.2, 0.25) is 0 Å². The number of thiophene rings is 2. The number of fused-ring (bicyclic) bond motifs is 6. The Morgan fingerprint density at radius 1 is 0.642 bits per heavy atom. The quantitative estimate of drug-likeness (QED) is 0.0711. The van der Waals surface area contributed by atoms with Crippen LogP contribution in [0.5, 0.6) is 0 Å². The normalized spacial score (nSPS) is 13.6. The number of nitrogens with zero attached hydrogens (tertiary/aromatic N) is 6. The molecule has 8 aromatic rings. The third-order valence-corrected chi connectivity index (χ3v) is 15.4. The Balaban J connectivity index is 1.26. The Hall–Kier alpha value is -6.83. The summed E-state index contributed by atoms with van der Waals surface area (Å²) < 4.78 is 13.4. The van der Waals surface area contributed by atoms with E-state index in [9.17, 15) is 15.8 Å². The molecule has 0 unspecified atom stereocenters. The fourth-order valence-corrected chi connectivity index (χ4v) is 12.1. The second kappa shape index (κ2) is 19.2. The van der Waals surface area contributed by atoms with Crippen molar-refractivity contribution in [2.24, 2.45) is 0 Å². The van der Waals surface area contributed by atoms with Gasteiger partial charge in [0.2, 0.25) is 0 Å². The van der Waals surface area contributed by atoms with Gasteiger partial charge < -0.3 is 18.8 Å². The molecule has 4 aromatic carbocycles. The van der Waals surface area contributed by atoms with Crippen LogP contribution in [0, 0.1) is 34.0 Å². The molecule has 0 radical (unpaired) electrons. The van der Waals surface area contributed by atoms with Crippen molar-refractivity contribution in [3.05, 3.63) is 140 Å². The lowest BCUT2D eigenvalue weighted by Crippen LogP contribution is -2.20.